The van der Waals surface area contributed by atoms with Crippen molar-refractivity contribution in [1.29, 1.82) is 0 Å². The lowest BCUT2D eigenvalue weighted by Crippen LogP contribution is -2.38. The molecule has 0 spiro atoms. The van der Waals surface area contributed by atoms with Crippen LogP contribution in [0.2, 0.25) is 0 Å². The smallest absolute Gasteiger partial charge is 0.0109 e. The van der Waals surface area contributed by atoms with Crippen molar-refractivity contribution in [2.24, 2.45) is 23.7 Å². The first kappa shape index (κ1) is 12.5. The number of rotatable bonds is 2. The average molecular weight is 244 g/mol. The number of allylic oxidation sites excluding steroid dienone is 3. The topological polar surface area (TPSA) is 0 Å². The Balaban J connectivity index is 1.72. The second-order valence-electron chi connectivity index (χ2n) is 7.05. The van der Waals surface area contributed by atoms with E-state index < -0.39 is 0 Å². The van der Waals surface area contributed by atoms with Crippen LogP contribution in [0.3, 0.4) is 0 Å². The van der Waals surface area contributed by atoms with E-state index in [0.717, 1.165) is 23.7 Å². The van der Waals surface area contributed by atoms with Gasteiger partial charge >= 0.3 is 0 Å². The third kappa shape index (κ3) is 1.98. The summed E-state index contributed by atoms with van der Waals surface area (Å²) < 4.78 is 0. The van der Waals surface area contributed by atoms with Crippen LogP contribution < -0.4 is 0 Å². The second-order valence-corrected chi connectivity index (χ2v) is 7.05. The Morgan fingerprint density at radius 3 is 2.44 bits per heavy atom. The minimum atomic E-state index is 0.790. The van der Waals surface area contributed by atoms with E-state index in [4.69, 9.17) is 0 Å². The van der Waals surface area contributed by atoms with Gasteiger partial charge in [-0.3, -0.25) is 0 Å². The van der Waals surface area contributed by atoms with Crippen LogP contribution >= 0.6 is 0 Å². The molecule has 0 aromatic heterocycles. The Kier molecular flexibility index (Phi) is 3.38. The molecule has 3 unspecified atom stereocenters. The highest BCUT2D eigenvalue weighted by Crippen LogP contribution is 2.55. The lowest BCUT2D eigenvalue weighted by molar-refractivity contribution is 0.181. The van der Waals surface area contributed by atoms with Gasteiger partial charge in [-0.15, -0.1) is 0 Å². The van der Waals surface area contributed by atoms with Gasteiger partial charge in [-0.2, -0.15) is 0 Å². The summed E-state index contributed by atoms with van der Waals surface area (Å²) in [6.45, 7) is 8.89. The summed E-state index contributed by atoms with van der Waals surface area (Å²) >= 11 is 0. The summed E-state index contributed by atoms with van der Waals surface area (Å²) in [5.41, 5.74) is 5.14. The fourth-order valence-corrected chi connectivity index (χ4v) is 4.88. The third-order valence-electron chi connectivity index (χ3n) is 5.99. The van der Waals surface area contributed by atoms with Crippen molar-refractivity contribution in [2.75, 3.05) is 0 Å². The molecular weight excluding hydrogens is 216 g/mol. The summed E-state index contributed by atoms with van der Waals surface area (Å²) in [5.74, 6) is 3.70. The second kappa shape index (κ2) is 4.87. The molecule has 0 aromatic rings. The molecule has 0 aromatic carbocycles. The SMILES string of the molecule is C=C(C)C1CCC2=C(C1)C(C)C2C1CCCCC1. The molecule has 0 aliphatic heterocycles. The van der Waals surface area contributed by atoms with Crippen molar-refractivity contribution in [3.05, 3.63) is 23.3 Å². The number of hydrogen-bond acceptors (Lipinski definition) is 0. The van der Waals surface area contributed by atoms with Crippen LogP contribution in [0, 0.1) is 23.7 Å². The molecule has 100 valence electrons. The highest BCUT2D eigenvalue weighted by Gasteiger charge is 2.43. The highest BCUT2D eigenvalue weighted by atomic mass is 14.5. The molecule has 3 aliphatic carbocycles. The van der Waals surface area contributed by atoms with E-state index in [0.29, 0.717) is 0 Å². The fraction of sp³-hybridized carbons (Fsp3) is 0.778. The van der Waals surface area contributed by atoms with E-state index in [9.17, 15) is 0 Å². The molecule has 0 bridgehead atoms. The largest absolute Gasteiger partial charge is 0.0998 e. The monoisotopic (exact) mass is 244 g/mol. The Labute approximate surface area is 113 Å². The fourth-order valence-electron chi connectivity index (χ4n) is 4.88. The molecule has 1 fully saturated rings. The highest BCUT2D eigenvalue weighted by molar-refractivity contribution is 5.36. The molecule has 0 saturated heterocycles. The van der Waals surface area contributed by atoms with Crippen molar-refractivity contribution >= 4 is 0 Å². The first-order valence-corrected chi connectivity index (χ1v) is 8.05. The van der Waals surface area contributed by atoms with E-state index in [2.05, 4.69) is 20.4 Å². The molecule has 1 saturated carbocycles. The molecule has 3 rings (SSSR count). The van der Waals surface area contributed by atoms with Crippen LogP contribution in [-0.4, -0.2) is 0 Å². The van der Waals surface area contributed by atoms with Crippen molar-refractivity contribution in [3.63, 3.8) is 0 Å². The maximum absolute atomic E-state index is 4.17. The zero-order chi connectivity index (χ0) is 12.7. The molecule has 3 aliphatic rings. The minimum absolute atomic E-state index is 0.790. The zero-order valence-electron chi connectivity index (χ0n) is 12.2. The molecule has 0 heterocycles. The maximum atomic E-state index is 4.17. The van der Waals surface area contributed by atoms with Gasteiger partial charge in [0.05, 0.1) is 0 Å². The van der Waals surface area contributed by atoms with Gasteiger partial charge in [-0.25, -0.2) is 0 Å². The third-order valence-corrected chi connectivity index (χ3v) is 5.99. The van der Waals surface area contributed by atoms with E-state index in [1.165, 1.54) is 56.9 Å². The standard InChI is InChI=1S/C18H28/c1-12(2)15-9-10-16-17(11-15)13(3)18(16)14-7-5-4-6-8-14/h13-15,18H,1,4-11H2,2-3H3. The quantitative estimate of drug-likeness (QED) is 0.562. The lowest BCUT2D eigenvalue weighted by atomic mass is 9.55. The molecule has 0 heteroatoms. The van der Waals surface area contributed by atoms with Gasteiger partial charge in [0.1, 0.15) is 0 Å². The summed E-state index contributed by atoms with van der Waals surface area (Å²) in [7, 11) is 0. The van der Waals surface area contributed by atoms with Crippen molar-refractivity contribution < 1.29 is 0 Å². The maximum Gasteiger partial charge on any atom is -0.0109 e. The summed E-state index contributed by atoms with van der Waals surface area (Å²) in [4.78, 5) is 0. The van der Waals surface area contributed by atoms with E-state index >= 15 is 0 Å². The van der Waals surface area contributed by atoms with Crippen LogP contribution in [0.5, 0.6) is 0 Å². The molecular formula is C18H28. The Morgan fingerprint density at radius 1 is 1.06 bits per heavy atom. The van der Waals surface area contributed by atoms with Crippen LogP contribution in [0.4, 0.5) is 0 Å². The van der Waals surface area contributed by atoms with Crippen molar-refractivity contribution in [2.45, 2.75) is 65.2 Å². The Bertz CT molecular complexity index is 367. The van der Waals surface area contributed by atoms with Crippen LogP contribution in [0.1, 0.15) is 65.2 Å². The first-order valence-electron chi connectivity index (χ1n) is 8.05. The van der Waals surface area contributed by atoms with Crippen LogP contribution in [0.25, 0.3) is 0 Å². The van der Waals surface area contributed by atoms with Crippen LogP contribution in [0.15, 0.2) is 23.3 Å². The normalized spacial score (nSPS) is 37.1. The summed E-state index contributed by atoms with van der Waals surface area (Å²) in [6.07, 6.45) is 11.6. The lowest BCUT2D eigenvalue weighted by Gasteiger charge is -2.50. The van der Waals surface area contributed by atoms with E-state index in [1.54, 1.807) is 0 Å². The molecule has 0 radical (unpaired) electrons. The minimum Gasteiger partial charge on any atom is -0.0998 e. The van der Waals surface area contributed by atoms with Gasteiger partial charge in [-0.05, 0) is 62.7 Å². The zero-order valence-corrected chi connectivity index (χ0v) is 12.2. The van der Waals surface area contributed by atoms with Gasteiger partial charge < -0.3 is 0 Å². The van der Waals surface area contributed by atoms with Crippen LogP contribution in [-0.2, 0) is 0 Å². The molecule has 3 atom stereocenters. The summed E-state index contributed by atoms with van der Waals surface area (Å²) in [6, 6.07) is 0. The van der Waals surface area contributed by atoms with E-state index in [1.807, 2.05) is 11.1 Å². The molecule has 0 nitrogen and oxygen atoms in total. The first-order chi connectivity index (χ1) is 8.68. The van der Waals surface area contributed by atoms with Gasteiger partial charge in [0.15, 0.2) is 0 Å². The molecule has 0 N–H and O–H groups in total. The Hall–Kier alpha value is -0.520. The van der Waals surface area contributed by atoms with Gasteiger partial charge in [-0.1, -0.05) is 49.5 Å². The van der Waals surface area contributed by atoms with Crippen molar-refractivity contribution in [1.82, 2.24) is 0 Å². The molecule has 0 amide bonds. The van der Waals surface area contributed by atoms with Gasteiger partial charge in [0, 0.05) is 0 Å². The molecule has 18 heavy (non-hydrogen) atoms. The Morgan fingerprint density at radius 2 is 1.78 bits per heavy atom. The number of hydrogen-bond donors (Lipinski definition) is 0. The predicted molar refractivity (Wildman–Crippen MR) is 78.4 cm³/mol. The van der Waals surface area contributed by atoms with E-state index in [-0.39, 0.29) is 0 Å². The van der Waals surface area contributed by atoms with Gasteiger partial charge in [0.25, 0.3) is 0 Å². The predicted octanol–water partition coefficient (Wildman–Crippen LogP) is 5.51. The summed E-state index contributed by atoms with van der Waals surface area (Å²) in [5, 5.41) is 0. The van der Waals surface area contributed by atoms with Gasteiger partial charge in [0.2, 0.25) is 0 Å². The van der Waals surface area contributed by atoms with Crippen molar-refractivity contribution in [3.8, 4) is 0 Å². The average Bonchev–Trinajstić information content (AvgIpc) is 2.39.